The van der Waals surface area contributed by atoms with Gasteiger partial charge in [-0.25, -0.2) is 0 Å². The lowest BCUT2D eigenvalue weighted by Gasteiger charge is -2.29. The first-order valence-corrected chi connectivity index (χ1v) is 10.8. The number of carbonyl (C=O) groups is 3. The number of piperidine rings is 1. The molecule has 0 spiro atoms. The van der Waals surface area contributed by atoms with Crippen molar-refractivity contribution in [3.05, 3.63) is 17.0 Å². The highest BCUT2D eigenvalue weighted by Crippen LogP contribution is 2.25. The first-order chi connectivity index (χ1) is 13.9. The van der Waals surface area contributed by atoms with E-state index in [-0.39, 0.29) is 36.6 Å². The Morgan fingerprint density at radius 1 is 1.07 bits per heavy atom. The van der Waals surface area contributed by atoms with Crippen molar-refractivity contribution in [3.8, 4) is 0 Å². The summed E-state index contributed by atoms with van der Waals surface area (Å²) in [4.78, 5) is 41.3. The number of nitrogens with zero attached hydrogens (tertiary/aromatic N) is 4. The molecule has 0 bridgehead atoms. The summed E-state index contributed by atoms with van der Waals surface area (Å²) in [5.41, 5.74) is 2.38. The monoisotopic (exact) mass is 403 g/mol. The predicted molar refractivity (Wildman–Crippen MR) is 109 cm³/mol. The van der Waals surface area contributed by atoms with Crippen molar-refractivity contribution in [2.45, 2.75) is 71.4 Å². The minimum atomic E-state index is -0.0901. The molecule has 1 unspecified atom stereocenters. The van der Waals surface area contributed by atoms with Crippen molar-refractivity contribution in [1.82, 2.24) is 24.9 Å². The van der Waals surface area contributed by atoms with Crippen LogP contribution >= 0.6 is 0 Å². The molecule has 3 rings (SSSR count). The molecule has 1 aromatic rings. The highest BCUT2D eigenvalue weighted by atomic mass is 16.2. The average molecular weight is 404 g/mol. The Balaban J connectivity index is 1.64. The van der Waals surface area contributed by atoms with E-state index in [0.29, 0.717) is 25.2 Å². The summed E-state index contributed by atoms with van der Waals surface area (Å²) in [6, 6.07) is 0.119. The number of aromatic nitrogens is 2. The van der Waals surface area contributed by atoms with E-state index in [2.05, 4.69) is 10.4 Å². The van der Waals surface area contributed by atoms with Crippen LogP contribution in [0.4, 0.5) is 0 Å². The molecule has 0 radical (unpaired) electrons. The zero-order chi connectivity index (χ0) is 21.0. The van der Waals surface area contributed by atoms with Crippen LogP contribution in [0.25, 0.3) is 0 Å². The van der Waals surface area contributed by atoms with Crippen molar-refractivity contribution in [3.63, 3.8) is 0 Å². The van der Waals surface area contributed by atoms with E-state index in [0.717, 1.165) is 50.0 Å². The highest BCUT2D eigenvalue weighted by molar-refractivity contribution is 5.94. The minimum Gasteiger partial charge on any atom is -0.354 e. The van der Waals surface area contributed by atoms with Gasteiger partial charge in [0.1, 0.15) is 0 Å². The van der Waals surface area contributed by atoms with Crippen LogP contribution in [0.3, 0.4) is 0 Å². The number of fused-ring (bicyclic) bond motifs is 1. The standard InChI is InChI=1S/C21H33N5O3/c1-4-15(2)22-18(27)8-9-19(28)26-13-10-17-16(14-26)20(23-24(17)3)21(29)25-11-6-5-7-12-25/h15H,4-14H2,1-3H3,(H,22,27). The molecular weight excluding hydrogens is 370 g/mol. The molecule has 3 heterocycles. The summed E-state index contributed by atoms with van der Waals surface area (Å²) in [5.74, 6) is -0.160. The summed E-state index contributed by atoms with van der Waals surface area (Å²) in [7, 11) is 1.86. The first-order valence-electron chi connectivity index (χ1n) is 10.8. The molecule has 0 saturated carbocycles. The molecule has 2 aliphatic rings. The van der Waals surface area contributed by atoms with Gasteiger partial charge in [0, 0.05) is 69.8 Å². The lowest BCUT2D eigenvalue weighted by Crippen LogP contribution is -2.39. The topological polar surface area (TPSA) is 87.5 Å². The van der Waals surface area contributed by atoms with Gasteiger partial charge in [0.15, 0.2) is 5.69 Å². The number of nitrogens with one attached hydrogen (secondary N) is 1. The summed E-state index contributed by atoms with van der Waals surface area (Å²) in [5, 5.41) is 7.39. The summed E-state index contributed by atoms with van der Waals surface area (Å²) >= 11 is 0. The maximum absolute atomic E-state index is 13.0. The smallest absolute Gasteiger partial charge is 0.274 e. The van der Waals surface area contributed by atoms with Crippen molar-refractivity contribution in [1.29, 1.82) is 0 Å². The summed E-state index contributed by atoms with van der Waals surface area (Å²) < 4.78 is 1.79. The fraction of sp³-hybridized carbons (Fsp3) is 0.714. The van der Waals surface area contributed by atoms with Crippen LogP contribution in [0.15, 0.2) is 0 Å². The van der Waals surface area contributed by atoms with Gasteiger partial charge in [-0.2, -0.15) is 5.10 Å². The van der Waals surface area contributed by atoms with Crippen LogP contribution in [0, 0.1) is 0 Å². The van der Waals surface area contributed by atoms with E-state index in [1.807, 2.05) is 25.8 Å². The molecule has 1 atom stereocenters. The number of hydrogen-bond acceptors (Lipinski definition) is 4. The Morgan fingerprint density at radius 2 is 1.79 bits per heavy atom. The Labute approximate surface area is 172 Å². The molecule has 3 amide bonds. The zero-order valence-corrected chi connectivity index (χ0v) is 17.9. The van der Waals surface area contributed by atoms with Gasteiger partial charge in [-0.1, -0.05) is 6.92 Å². The van der Waals surface area contributed by atoms with Crippen LogP contribution in [0.1, 0.15) is 74.1 Å². The molecular formula is C21H33N5O3. The van der Waals surface area contributed by atoms with Crippen LogP contribution in [0.2, 0.25) is 0 Å². The Morgan fingerprint density at radius 3 is 2.48 bits per heavy atom. The highest BCUT2D eigenvalue weighted by Gasteiger charge is 2.31. The number of hydrogen-bond donors (Lipinski definition) is 1. The van der Waals surface area contributed by atoms with Gasteiger partial charge in [0.2, 0.25) is 11.8 Å². The van der Waals surface area contributed by atoms with Crippen LogP contribution in [0.5, 0.6) is 0 Å². The number of carbonyl (C=O) groups excluding carboxylic acids is 3. The Hall–Kier alpha value is -2.38. The van der Waals surface area contributed by atoms with Crippen molar-refractivity contribution in [2.24, 2.45) is 7.05 Å². The molecule has 8 heteroatoms. The third kappa shape index (κ3) is 4.97. The van der Waals surface area contributed by atoms with Gasteiger partial charge in [0.25, 0.3) is 5.91 Å². The second kappa shape index (κ2) is 9.41. The maximum atomic E-state index is 13.0. The van der Waals surface area contributed by atoms with E-state index >= 15 is 0 Å². The predicted octanol–water partition coefficient (Wildman–Crippen LogP) is 1.63. The fourth-order valence-corrected chi connectivity index (χ4v) is 4.05. The van der Waals surface area contributed by atoms with Gasteiger partial charge in [-0.05, 0) is 32.6 Å². The number of amides is 3. The first kappa shape index (κ1) is 21.3. The SMILES string of the molecule is CCC(C)NC(=O)CCC(=O)N1CCc2c(c(C(=O)N3CCCCC3)nn2C)C1. The van der Waals surface area contributed by atoms with Crippen molar-refractivity contribution in [2.75, 3.05) is 19.6 Å². The fourth-order valence-electron chi connectivity index (χ4n) is 4.05. The molecule has 1 N–H and O–H groups in total. The van der Waals surface area contributed by atoms with E-state index < -0.39 is 0 Å². The largest absolute Gasteiger partial charge is 0.354 e. The van der Waals surface area contributed by atoms with Gasteiger partial charge in [-0.3, -0.25) is 19.1 Å². The van der Waals surface area contributed by atoms with Crippen LogP contribution in [-0.4, -0.2) is 63.0 Å². The van der Waals surface area contributed by atoms with E-state index in [1.54, 1.807) is 9.58 Å². The maximum Gasteiger partial charge on any atom is 0.274 e. The summed E-state index contributed by atoms with van der Waals surface area (Å²) in [6.07, 6.45) is 5.15. The molecule has 29 heavy (non-hydrogen) atoms. The number of rotatable bonds is 6. The summed E-state index contributed by atoms with van der Waals surface area (Å²) in [6.45, 7) is 6.50. The normalized spacial score (nSPS) is 17.6. The molecule has 0 aromatic carbocycles. The molecule has 1 aromatic heterocycles. The van der Waals surface area contributed by atoms with Crippen LogP contribution in [-0.2, 0) is 29.6 Å². The number of aryl methyl sites for hydroxylation is 1. The molecule has 2 aliphatic heterocycles. The van der Waals surface area contributed by atoms with E-state index in [1.165, 1.54) is 0 Å². The van der Waals surface area contributed by atoms with Gasteiger partial charge < -0.3 is 15.1 Å². The van der Waals surface area contributed by atoms with E-state index in [4.69, 9.17) is 0 Å². The van der Waals surface area contributed by atoms with Gasteiger partial charge in [0.05, 0.1) is 0 Å². The molecule has 160 valence electrons. The molecule has 8 nitrogen and oxygen atoms in total. The lowest BCUT2D eigenvalue weighted by molar-refractivity contribution is -0.134. The minimum absolute atomic E-state index is 0.0243. The molecule has 1 saturated heterocycles. The Kier molecular flexibility index (Phi) is 6.92. The third-order valence-corrected chi connectivity index (χ3v) is 6.03. The zero-order valence-electron chi connectivity index (χ0n) is 17.9. The van der Waals surface area contributed by atoms with Gasteiger partial charge in [-0.15, -0.1) is 0 Å². The number of likely N-dealkylation sites (tertiary alicyclic amines) is 1. The second-order valence-electron chi connectivity index (χ2n) is 8.19. The quantitative estimate of drug-likeness (QED) is 0.782. The molecule has 1 fully saturated rings. The van der Waals surface area contributed by atoms with Crippen molar-refractivity contribution >= 4 is 17.7 Å². The average Bonchev–Trinajstić information content (AvgIpc) is 3.07. The van der Waals surface area contributed by atoms with Crippen LogP contribution < -0.4 is 5.32 Å². The Bertz CT molecular complexity index is 767. The second-order valence-corrected chi connectivity index (χ2v) is 8.19. The lowest BCUT2D eigenvalue weighted by atomic mass is 10.0. The third-order valence-electron chi connectivity index (χ3n) is 6.03. The molecule has 0 aliphatic carbocycles. The van der Waals surface area contributed by atoms with E-state index in [9.17, 15) is 14.4 Å². The van der Waals surface area contributed by atoms with Crippen molar-refractivity contribution < 1.29 is 14.4 Å². The van der Waals surface area contributed by atoms with Gasteiger partial charge >= 0.3 is 0 Å².